The Bertz CT molecular complexity index is 1000. The van der Waals surface area contributed by atoms with Gasteiger partial charge in [0.2, 0.25) is 15.9 Å². The minimum Gasteiger partial charge on any atom is -0.325 e. The van der Waals surface area contributed by atoms with Crippen molar-refractivity contribution in [2.24, 2.45) is 0 Å². The number of benzene rings is 2. The van der Waals surface area contributed by atoms with Crippen molar-refractivity contribution >= 4 is 33.2 Å². The van der Waals surface area contributed by atoms with Crippen LogP contribution in [-0.2, 0) is 21.0 Å². The third-order valence-electron chi connectivity index (χ3n) is 5.20. The van der Waals surface area contributed by atoms with E-state index >= 15 is 0 Å². The number of sulfonamides is 1. The van der Waals surface area contributed by atoms with Gasteiger partial charge in [0.15, 0.2) is 0 Å². The summed E-state index contributed by atoms with van der Waals surface area (Å²) in [5.74, 6) is -0.622. The lowest BCUT2D eigenvalue weighted by Crippen LogP contribution is -2.45. The van der Waals surface area contributed by atoms with E-state index in [1.165, 1.54) is 28.6 Å². The molecule has 5 nitrogen and oxygen atoms in total. The van der Waals surface area contributed by atoms with Gasteiger partial charge in [-0.3, -0.25) is 4.79 Å². The molecule has 168 valence electrons. The number of carbonyl (C=O) groups excluding carboxylic acids is 1. The van der Waals surface area contributed by atoms with E-state index in [9.17, 15) is 26.4 Å². The summed E-state index contributed by atoms with van der Waals surface area (Å²) in [6.07, 6.45) is -0.480. The molecule has 0 atom stereocenters. The minimum absolute atomic E-state index is 0.0322. The van der Waals surface area contributed by atoms with Gasteiger partial charge in [0.1, 0.15) is 0 Å². The fourth-order valence-corrected chi connectivity index (χ4v) is 5.37. The number of carbonyl (C=O) groups is 1. The zero-order valence-electron chi connectivity index (χ0n) is 16.5. The highest BCUT2D eigenvalue weighted by Gasteiger charge is 2.34. The Morgan fingerprint density at radius 2 is 1.58 bits per heavy atom. The average molecular weight is 475 g/mol. The monoisotopic (exact) mass is 474 g/mol. The van der Waals surface area contributed by atoms with Gasteiger partial charge in [-0.25, -0.2) is 8.42 Å². The highest BCUT2D eigenvalue weighted by Crippen LogP contribution is 2.30. The van der Waals surface area contributed by atoms with Crippen LogP contribution in [0.15, 0.2) is 53.4 Å². The molecule has 0 spiro atoms. The Morgan fingerprint density at radius 3 is 2.13 bits per heavy atom. The lowest BCUT2D eigenvalue weighted by atomic mass is 9.95. The predicted octanol–water partition coefficient (Wildman–Crippen LogP) is 5.32. The first-order valence-corrected chi connectivity index (χ1v) is 11.6. The zero-order valence-corrected chi connectivity index (χ0v) is 18.1. The van der Waals surface area contributed by atoms with Crippen molar-refractivity contribution in [3.63, 3.8) is 0 Å². The third kappa shape index (κ3) is 5.99. The largest absolute Gasteiger partial charge is 0.416 e. The molecule has 0 aromatic heterocycles. The Balaban J connectivity index is 1.79. The van der Waals surface area contributed by atoms with Crippen LogP contribution in [0.5, 0.6) is 0 Å². The Morgan fingerprint density at radius 1 is 1.00 bits per heavy atom. The molecule has 3 rings (SSSR count). The van der Waals surface area contributed by atoms with Crippen molar-refractivity contribution in [2.75, 3.05) is 11.9 Å². The topological polar surface area (TPSA) is 66.5 Å². The Hall–Kier alpha value is -2.10. The molecule has 0 unspecified atom stereocenters. The third-order valence-corrected chi connectivity index (χ3v) is 7.36. The van der Waals surface area contributed by atoms with Gasteiger partial charge in [0.25, 0.3) is 0 Å². The van der Waals surface area contributed by atoms with Crippen molar-refractivity contribution in [1.82, 2.24) is 4.31 Å². The molecule has 1 aliphatic carbocycles. The van der Waals surface area contributed by atoms with Crippen LogP contribution in [0.25, 0.3) is 0 Å². The zero-order chi connectivity index (χ0) is 22.6. The second kappa shape index (κ2) is 9.58. The molecule has 1 aliphatic rings. The van der Waals surface area contributed by atoms with Gasteiger partial charge in [-0.05, 0) is 61.4 Å². The molecule has 0 radical (unpaired) electrons. The minimum atomic E-state index is -4.48. The number of hydrogen-bond donors (Lipinski definition) is 1. The summed E-state index contributed by atoms with van der Waals surface area (Å²) in [5, 5.41) is 2.88. The predicted molar refractivity (Wildman–Crippen MR) is 112 cm³/mol. The van der Waals surface area contributed by atoms with Crippen molar-refractivity contribution < 1.29 is 26.4 Å². The molecular formula is C21H22ClF3N2O3S. The van der Waals surface area contributed by atoms with Gasteiger partial charge in [-0.15, -0.1) is 0 Å². The molecule has 1 saturated carbocycles. The number of nitrogens with zero attached hydrogens (tertiary/aromatic N) is 1. The summed E-state index contributed by atoms with van der Waals surface area (Å²) in [7, 11) is -3.97. The van der Waals surface area contributed by atoms with Crippen LogP contribution < -0.4 is 5.32 Å². The number of alkyl halides is 3. The van der Waals surface area contributed by atoms with Gasteiger partial charge < -0.3 is 5.32 Å². The summed E-state index contributed by atoms with van der Waals surface area (Å²) in [6.45, 7) is -0.434. The maximum Gasteiger partial charge on any atom is 0.416 e. The lowest BCUT2D eigenvalue weighted by molar-refractivity contribution is -0.137. The second-order valence-electron chi connectivity index (χ2n) is 7.42. The summed E-state index contributed by atoms with van der Waals surface area (Å²) in [4.78, 5) is 12.7. The molecule has 10 heteroatoms. The van der Waals surface area contributed by atoms with Gasteiger partial charge in [-0.1, -0.05) is 30.9 Å². The number of rotatable bonds is 6. The quantitative estimate of drug-likeness (QED) is 0.616. The van der Waals surface area contributed by atoms with Crippen molar-refractivity contribution in [1.29, 1.82) is 0 Å². The maximum absolute atomic E-state index is 13.3. The van der Waals surface area contributed by atoms with Crippen LogP contribution >= 0.6 is 11.6 Å². The smallest absolute Gasteiger partial charge is 0.325 e. The SMILES string of the molecule is O=C(CN(C1CCCCC1)S(=O)(=O)c1ccc(Cl)cc1)Nc1ccc(C(F)(F)F)cc1. The number of halogens is 4. The van der Waals surface area contributed by atoms with E-state index in [2.05, 4.69) is 5.32 Å². The lowest BCUT2D eigenvalue weighted by Gasteiger charge is -2.33. The molecule has 2 aromatic carbocycles. The van der Waals surface area contributed by atoms with E-state index in [1.54, 1.807) is 0 Å². The standard InChI is InChI=1S/C21H22ClF3N2O3S/c22-16-8-12-19(13-9-16)31(29,30)27(18-4-2-1-3-5-18)14-20(28)26-17-10-6-15(7-11-17)21(23,24)25/h6-13,18H,1-5,14H2,(H,26,28). The van der Waals surface area contributed by atoms with E-state index in [0.29, 0.717) is 17.9 Å². The second-order valence-corrected chi connectivity index (χ2v) is 9.75. The van der Waals surface area contributed by atoms with E-state index in [4.69, 9.17) is 11.6 Å². The normalized spacial score (nSPS) is 15.8. The van der Waals surface area contributed by atoms with E-state index in [1.807, 2.05) is 0 Å². The van der Waals surface area contributed by atoms with Crippen molar-refractivity contribution in [3.05, 3.63) is 59.1 Å². The van der Waals surface area contributed by atoms with Crippen LogP contribution in [0.4, 0.5) is 18.9 Å². The Labute approximate surface area is 184 Å². The molecular weight excluding hydrogens is 453 g/mol. The Kier molecular flexibility index (Phi) is 7.28. The molecule has 0 bridgehead atoms. The van der Waals surface area contributed by atoms with Crippen LogP contribution in [0.3, 0.4) is 0 Å². The van der Waals surface area contributed by atoms with Gasteiger partial charge in [-0.2, -0.15) is 17.5 Å². The fraction of sp³-hybridized carbons (Fsp3) is 0.381. The molecule has 0 saturated heterocycles. The first-order chi connectivity index (χ1) is 14.6. The summed E-state index contributed by atoms with van der Waals surface area (Å²) < 4.78 is 65.8. The number of nitrogens with one attached hydrogen (secondary N) is 1. The van der Waals surface area contributed by atoms with E-state index in [-0.39, 0.29) is 16.6 Å². The van der Waals surface area contributed by atoms with Crippen LogP contribution in [0.1, 0.15) is 37.7 Å². The van der Waals surface area contributed by atoms with Crippen LogP contribution in [-0.4, -0.2) is 31.2 Å². The number of anilines is 1. The molecule has 0 heterocycles. The molecule has 1 N–H and O–H groups in total. The van der Waals surface area contributed by atoms with Gasteiger partial charge in [0.05, 0.1) is 17.0 Å². The first kappa shape index (κ1) is 23.6. The van der Waals surface area contributed by atoms with Crippen molar-refractivity contribution in [2.45, 2.75) is 49.2 Å². The van der Waals surface area contributed by atoms with Gasteiger partial charge in [0, 0.05) is 16.8 Å². The summed E-state index contributed by atoms with van der Waals surface area (Å²) >= 11 is 5.86. The molecule has 31 heavy (non-hydrogen) atoms. The van der Waals surface area contributed by atoms with Gasteiger partial charge >= 0.3 is 6.18 Å². The first-order valence-electron chi connectivity index (χ1n) is 9.82. The van der Waals surface area contributed by atoms with Crippen LogP contribution in [0.2, 0.25) is 5.02 Å². The molecule has 0 aliphatic heterocycles. The maximum atomic E-state index is 13.3. The average Bonchev–Trinajstić information content (AvgIpc) is 2.72. The molecule has 1 amide bonds. The molecule has 1 fully saturated rings. The van der Waals surface area contributed by atoms with E-state index in [0.717, 1.165) is 43.5 Å². The highest BCUT2D eigenvalue weighted by atomic mass is 35.5. The highest BCUT2D eigenvalue weighted by molar-refractivity contribution is 7.89. The van der Waals surface area contributed by atoms with Crippen LogP contribution in [0, 0.1) is 0 Å². The fourth-order valence-electron chi connectivity index (χ4n) is 3.61. The summed E-state index contributed by atoms with van der Waals surface area (Å²) in [6, 6.07) is 9.39. The number of hydrogen-bond acceptors (Lipinski definition) is 3. The van der Waals surface area contributed by atoms with E-state index < -0.39 is 34.2 Å². The summed E-state index contributed by atoms with van der Waals surface area (Å²) in [5.41, 5.74) is -0.676. The van der Waals surface area contributed by atoms with Crippen molar-refractivity contribution in [3.8, 4) is 0 Å². The molecule has 2 aromatic rings. The number of amides is 1.